The number of hydrogen-bond donors (Lipinski definition) is 1. The Hall–Kier alpha value is -1.09. The molecule has 3 nitrogen and oxygen atoms in total. The average molecular weight is 182 g/mol. The zero-order valence-corrected chi connectivity index (χ0v) is 7.61. The van der Waals surface area contributed by atoms with Gasteiger partial charge in [-0.2, -0.15) is 0 Å². The van der Waals surface area contributed by atoms with Gasteiger partial charge in [0.2, 0.25) is 0 Å². The molecule has 2 aromatic heterocycles. The van der Waals surface area contributed by atoms with Crippen molar-refractivity contribution in [1.29, 1.82) is 0 Å². The molecule has 2 rings (SSSR count). The summed E-state index contributed by atoms with van der Waals surface area (Å²) in [5.41, 5.74) is 3.35. The molecular formula is C8H8ClN3. The number of fused-ring (bicyclic) bond motifs is 1. The fourth-order valence-corrected chi connectivity index (χ4v) is 1.26. The summed E-state index contributed by atoms with van der Waals surface area (Å²) in [4.78, 5) is 11.6. The molecule has 0 saturated heterocycles. The smallest absolute Gasteiger partial charge is 0.157 e. The molecule has 2 heterocycles. The first-order valence-electron chi connectivity index (χ1n) is 3.66. The van der Waals surface area contributed by atoms with Crippen LogP contribution in [0.3, 0.4) is 0 Å². The van der Waals surface area contributed by atoms with Crippen molar-refractivity contribution < 1.29 is 0 Å². The fourth-order valence-electron chi connectivity index (χ4n) is 1.07. The minimum absolute atomic E-state index is 0.626. The first-order valence-corrected chi connectivity index (χ1v) is 4.04. The van der Waals surface area contributed by atoms with Crippen molar-refractivity contribution in [1.82, 2.24) is 15.0 Å². The highest BCUT2D eigenvalue weighted by Crippen LogP contribution is 2.19. The van der Waals surface area contributed by atoms with Crippen LogP contribution in [0.5, 0.6) is 0 Å². The molecule has 0 spiro atoms. The van der Waals surface area contributed by atoms with E-state index in [0.717, 1.165) is 22.6 Å². The van der Waals surface area contributed by atoms with E-state index in [1.807, 2.05) is 13.8 Å². The number of nitrogens with zero attached hydrogens (tertiary/aromatic N) is 2. The minimum Gasteiger partial charge on any atom is -0.343 e. The van der Waals surface area contributed by atoms with E-state index in [0.29, 0.717) is 5.02 Å². The average Bonchev–Trinajstić information content (AvgIpc) is 2.35. The Morgan fingerprint density at radius 3 is 2.67 bits per heavy atom. The topological polar surface area (TPSA) is 41.6 Å². The Labute approximate surface area is 74.8 Å². The lowest BCUT2D eigenvalue weighted by Crippen LogP contribution is -1.91. The molecule has 0 saturated carbocycles. The highest BCUT2D eigenvalue weighted by molar-refractivity contribution is 6.34. The van der Waals surface area contributed by atoms with E-state index < -0.39 is 0 Å². The third-order valence-electron chi connectivity index (χ3n) is 1.87. The molecule has 62 valence electrons. The number of aryl methyl sites for hydroxylation is 2. The molecule has 0 atom stereocenters. The zero-order valence-electron chi connectivity index (χ0n) is 6.85. The lowest BCUT2D eigenvalue weighted by atomic mass is 10.3. The van der Waals surface area contributed by atoms with Crippen molar-refractivity contribution in [3.8, 4) is 0 Å². The van der Waals surface area contributed by atoms with Gasteiger partial charge in [0.1, 0.15) is 5.52 Å². The van der Waals surface area contributed by atoms with Gasteiger partial charge in [-0.1, -0.05) is 11.6 Å². The summed E-state index contributed by atoms with van der Waals surface area (Å²) in [5, 5.41) is 0.626. The molecule has 0 amide bonds. The molecule has 2 aromatic rings. The van der Waals surface area contributed by atoms with E-state index in [2.05, 4.69) is 15.0 Å². The highest BCUT2D eigenvalue weighted by Gasteiger charge is 2.05. The molecule has 1 N–H and O–H groups in total. The van der Waals surface area contributed by atoms with Gasteiger partial charge in [-0.25, -0.2) is 9.97 Å². The number of nitrogens with one attached hydrogen (secondary N) is 1. The maximum Gasteiger partial charge on any atom is 0.157 e. The summed E-state index contributed by atoms with van der Waals surface area (Å²) in [7, 11) is 0. The predicted octanol–water partition coefficient (Wildman–Crippen LogP) is 2.23. The van der Waals surface area contributed by atoms with Crippen molar-refractivity contribution in [2.45, 2.75) is 13.8 Å². The molecule has 0 radical (unpaired) electrons. The summed E-state index contributed by atoms with van der Waals surface area (Å²) >= 11 is 5.86. The van der Waals surface area contributed by atoms with Crippen molar-refractivity contribution in [3.63, 3.8) is 0 Å². The Kier molecular flexibility index (Phi) is 1.54. The third kappa shape index (κ3) is 0.975. The van der Waals surface area contributed by atoms with Gasteiger partial charge < -0.3 is 4.98 Å². The summed E-state index contributed by atoms with van der Waals surface area (Å²) in [6.07, 6.45) is 1.70. The number of rotatable bonds is 0. The van der Waals surface area contributed by atoms with Crippen molar-refractivity contribution in [2.24, 2.45) is 0 Å². The molecule has 0 aliphatic heterocycles. The van der Waals surface area contributed by atoms with Gasteiger partial charge in [-0.3, -0.25) is 0 Å². The summed E-state index contributed by atoms with van der Waals surface area (Å²) in [5.74, 6) is 0. The van der Waals surface area contributed by atoms with Gasteiger partial charge in [-0.05, 0) is 13.8 Å². The van der Waals surface area contributed by atoms with Gasteiger partial charge >= 0.3 is 0 Å². The molecule has 0 fully saturated rings. The summed E-state index contributed by atoms with van der Waals surface area (Å²) in [6, 6.07) is 0. The molecule has 0 unspecified atom stereocenters. The van der Waals surface area contributed by atoms with Crippen LogP contribution in [0.1, 0.15) is 11.4 Å². The van der Waals surface area contributed by atoms with Gasteiger partial charge in [-0.15, -0.1) is 0 Å². The summed E-state index contributed by atoms with van der Waals surface area (Å²) in [6.45, 7) is 3.85. The lowest BCUT2D eigenvalue weighted by molar-refractivity contribution is 1.09. The maximum atomic E-state index is 5.86. The standard InChI is InChI=1S/C8H8ClN3/c1-4-5(2)12-8-7(11-4)6(9)3-10-8/h3H,1-2H3,(H,10,12). The van der Waals surface area contributed by atoms with E-state index in [4.69, 9.17) is 11.6 Å². The quantitative estimate of drug-likeness (QED) is 0.677. The lowest BCUT2D eigenvalue weighted by Gasteiger charge is -1.97. The van der Waals surface area contributed by atoms with Crippen LogP contribution in [0.4, 0.5) is 0 Å². The van der Waals surface area contributed by atoms with Crippen LogP contribution in [0.2, 0.25) is 5.02 Å². The van der Waals surface area contributed by atoms with Gasteiger partial charge in [0, 0.05) is 6.20 Å². The predicted molar refractivity (Wildman–Crippen MR) is 48.4 cm³/mol. The SMILES string of the molecule is Cc1nc2[nH]cc(Cl)c2nc1C. The van der Waals surface area contributed by atoms with Gasteiger partial charge in [0.15, 0.2) is 5.65 Å². The highest BCUT2D eigenvalue weighted by atomic mass is 35.5. The van der Waals surface area contributed by atoms with Gasteiger partial charge in [0.25, 0.3) is 0 Å². The van der Waals surface area contributed by atoms with Crippen LogP contribution >= 0.6 is 11.6 Å². The monoisotopic (exact) mass is 181 g/mol. The normalized spacial score (nSPS) is 10.9. The zero-order chi connectivity index (χ0) is 8.72. The van der Waals surface area contributed by atoms with E-state index in [9.17, 15) is 0 Å². The molecule has 0 aliphatic rings. The van der Waals surface area contributed by atoms with Crippen molar-refractivity contribution in [2.75, 3.05) is 0 Å². The molecule has 0 bridgehead atoms. The van der Waals surface area contributed by atoms with Crippen LogP contribution < -0.4 is 0 Å². The van der Waals surface area contributed by atoms with E-state index >= 15 is 0 Å². The van der Waals surface area contributed by atoms with Gasteiger partial charge in [0.05, 0.1) is 16.4 Å². The maximum absolute atomic E-state index is 5.86. The number of halogens is 1. The largest absolute Gasteiger partial charge is 0.343 e. The first kappa shape index (κ1) is 7.55. The second-order valence-electron chi connectivity index (χ2n) is 2.73. The number of aromatic amines is 1. The van der Waals surface area contributed by atoms with E-state index in [1.165, 1.54) is 0 Å². The Bertz CT molecular complexity index is 433. The van der Waals surface area contributed by atoms with Crippen LogP contribution in [-0.4, -0.2) is 15.0 Å². The minimum atomic E-state index is 0.626. The Morgan fingerprint density at radius 1 is 1.25 bits per heavy atom. The molecule has 0 aromatic carbocycles. The molecule has 12 heavy (non-hydrogen) atoms. The van der Waals surface area contributed by atoms with Crippen LogP contribution in [0.15, 0.2) is 6.20 Å². The molecule has 4 heteroatoms. The van der Waals surface area contributed by atoms with E-state index in [1.54, 1.807) is 6.20 Å². The second-order valence-corrected chi connectivity index (χ2v) is 3.14. The summed E-state index contributed by atoms with van der Waals surface area (Å²) < 4.78 is 0. The third-order valence-corrected chi connectivity index (χ3v) is 2.16. The Morgan fingerprint density at radius 2 is 1.92 bits per heavy atom. The second kappa shape index (κ2) is 2.45. The fraction of sp³-hybridized carbons (Fsp3) is 0.250. The van der Waals surface area contributed by atoms with Crippen molar-refractivity contribution in [3.05, 3.63) is 22.6 Å². The van der Waals surface area contributed by atoms with Crippen LogP contribution in [0, 0.1) is 13.8 Å². The van der Waals surface area contributed by atoms with Crippen LogP contribution in [-0.2, 0) is 0 Å². The van der Waals surface area contributed by atoms with Crippen molar-refractivity contribution >= 4 is 22.8 Å². The Balaban J connectivity index is 2.87. The number of H-pyrrole nitrogens is 1. The number of aromatic nitrogens is 3. The first-order chi connectivity index (χ1) is 5.68. The number of hydrogen-bond acceptors (Lipinski definition) is 2. The van der Waals surface area contributed by atoms with E-state index in [-0.39, 0.29) is 0 Å². The molecule has 0 aliphatic carbocycles. The molecular weight excluding hydrogens is 174 g/mol. The van der Waals surface area contributed by atoms with Crippen LogP contribution in [0.25, 0.3) is 11.2 Å².